The predicted octanol–water partition coefficient (Wildman–Crippen LogP) is 3.85. The summed E-state index contributed by atoms with van der Waals surface area (Å²) in [4.78, 5) is 12.0. The van der Waals surface area contributed by atoms with Gasteiger partial charge in [0, 0.05) is 6.07 Å². The van der Waals surface area contributed by atoms with Gasteiger partial charge in [-0.25, -0.2) is 4.68 Å². The second-order valence-corrected chi connectivity index (χ2v) is 6.49. The maximum Gasteiger partial charge on any atom is 0.239 e. The monoisotopic (exact) mass is 349 g/mol. The molecule has 0 spiro atoms. The van der Waals surface area contributed by atoms with Crippen LogP contribution in [-0.2, 0) is 4.79 Å². The maximum absolute atomic E-state index is 12.2. The first-order chi connectivity index (χ1) is 9.90. The number of carbonyl (C=O) groups is 1. The number of alkyl halides is 1. The van der Waals surface area contributed by atoms with Crippen molar-refractivity contribution < 1.29 is 4.79 Å². The van der Waals surface area contributed by atoms with Crippen LogP contribution in [0.3, 0.4) is 0 Å². The van der Waals surface area contributed by atoms with E-state index in [9.17, 15) is 4.79 Å². The van der Waals surface area contributed by atoms with Gasteiger partial charge >= 0.3 is 0 Å². The highest BCUT2D eigenvalue weighted by atomic mass is 79.9. The van der Waals surface area contributed by atoms with Crippen LogP contribution < -0.4 is 5.32 Å². The first kappa shape index (κ1) is 15.8. The van der Waals surface area contributed by atoms with Crippen LogP contribution in [0.15, 0.2) is 30.3 Å². The minimum Gasteiger partial charge on any atom is -0.310 e. The molecule has 4 nitrogen and oxygen atoms in total. The SMILES string of the molecule is Cc1cc(NC(=O)C(Br)C(C)C)n(-c2ccccc2C)n1. The summed E-state index contributed by atoms with van der Waals surface area (Å²) >= 11 is 3.43. The van der Waals surface area contributed by atoms with E-state index in [1.165, 1.54) is 0 Å². The summed E-state index contributed by atoms with van der Waals surface area (Å²) in [5.74, 6) is 0.859. The van der Waals surface area contributed by atoms with Gasteiger partial charge in [-0.1, -0.05) is 48.0 Å². The highest BCUT2D eigenvalue weighted by molar-refractivity contribution is 9.10. The standard InChI is InChI=1S/C16H20BrN3O/c1-10(2)15(17)16(21)18-14-9-12(4)19-20(14)13-8-6-5-7-11(13)3/h5-10,15H,1-4H3,(H,18,21). The maximum atomic E-state index is 12.2. The van der Waals surface area contributed by atoms with Crippen LogP contribution in [0, 0.1) is 19.8 Å². The van der Waals surface area contributed by atoms with Crippen LogP contribution in [-0.4, -0.2) is 20.5 Å². The van der Waals surface area contributed by atoms with Crippen molar-refractivity contribution in [2.45, 2.75) is 32.5 Å². The first-order valence-electron chi connectivity index (χ1n) is 6.97. The fourth-order valence-electron chi connectivity index (χ4n) is 2.07. The second kappa shape index (κ2) is 6.43. The largest absolute Gasteiger partial charge is 0.310 e. The lowest BCUT2D eigenvalue weighted by Gasteiger charge is -2.15. The van der Waals surface area contributed by atoms with Crippen LogP contribution in [0.1, 0.15) is 25.1 Å². The van der Waals surface area contributed by atoms with Gasteiger partial charge in [0.15, 0.2) is 0 Å². The number of para-hydroxylation sites is 1. The molecule has 2 rings (SSSR count). The molecule has 1 heterocycles. The van der Waals surface area contributed by atoms with Gasteiger partial charge < -0.3 is 5.32 Å². The Morgan fingerprint density at radius 1 is 1.29 bits per heavy atom. The zero-order chi connectivity index (χ0) is 15.6. The summed E-state index contributed by atoms with van der Waals surface area (Å²) < 4.78 is 1.78. The van der Waals surface area contributed by atoms with E-state index in [2.05, 4.69) is 26.3 Å². The molecule has 5 heteroatoms. The summed E-state index contributed by atoms with van der Waals surface area (Å²) in [6.45, 7) is 7.95. The van der Waals surface area contributed by atoms with E-state index < -0.39 is 0 Å². The molecule has 1 aromatic heterocycles. The molecule has 0 radical (unpaired) electrons. The molecule has 0 fully saturated rings. The molecule has 0 saturated heterocycles. The Balaban J connectivity index is 2.34. The third-order valence-corrected chi connectivity index (χ3v) is 4.74. The van der Waals surface area contributed by atoms with Crippen LogP contribution in [0.2, 0.25) is 0 Å². The third-order valence-electron chi connectivity index (χ3n) is 3.26. The van der Waals surface area contributed by atoms with Gasteiger partial charge in [-0.15, -0.1) is 0 Å². The number of aryl methyl sites for hydroxylation is 2. The lowest BCUT2D eigenvalue weighted by molar-refractivity contribution is -0.116. The molecule has 112 valence electrons. The van der Waals surface area contributed by atoms with Crippen LogP contribution in [0.5, 0.6) is 0 Å². The molecule has 0 aliphatic rings. The number of nitrogens with zero attached hydrogens (tertiary/aromatic N) is 2. The Morgan fingerprint density at radius 3 is 2.57 bits per heavy atom. The number of anilines is 1. The zero-order valence-electron chi connectivity index (χ0n) is 12.7. The molecule has 0 bridgehead atoms. The average Bonchev–Trinajstić information content (AvgIpc) is 2.78. The molecule has 1 unspecified atom stereocenters. The molecule has 0 saturated carbocycles. The summed E-state index contributed by atoms with van der Waals surface area (Å²) in [5.41, 5.74) is 2.94. The van der Waals surface area contributed by atoms with Crippen molar-refractivity contribution in [3.05, 3.63) is 41.6 Å². The highest BCUT2D eigenvalue weighted by Gasteiger charge is 2.20. The molecule has 21 heavy (non-hydrogen) atoms. The van der Waals surface area contributed by atoms with Crippen LogP contribution in [0.25, 0.3) is 5.69 Å². The van der Waals surface area contributed by atoms with E-state index in [0.717, 1.165) is 16.9 Å². The number of hydrogen-bond donors (Lipinski definition) is 1. The molecule has 2 aromatic rings. The van der Waals surface area contributed by atoms with Crippen molar-refractivity contribution in [2.24, 2.45) is 5.92 Å². The van der Waals surface area contributed by atoms with Gasteiger partial charge in [0.1, 0.15) is 5.82 Å². The Morgan fingerprint density at radius 2 is 1.95 bits per heavy atom. The predicted molar refractivity (Wildman–Crippen MR) is 89.2 cm³/mol. The van der Waals surface area contributed by atoms with Gasteiger partial charge in [-0.05, 0) is 31.4 Å². The molecule has 0 aliphatic heterocycles. The highest BCUT2D eigenvalue weighted by Crippen LogP contribution is 2.21. The number of amides is 1. The van der Waals surface area contributed by atoms with Crippen molar-refractivity contribution >= 4 is 27.7 Å². The summed E-state index contributed by atoms with van der Waals surface area (Å²) in [7, 11) is 0. The average molecular weight is 350 g/mol. The fraction of sp³-hybridized carbons (Fsp3) is 0.375. The molecule has 0 aliphatic carbocycles. The number of nitrogens with one attached hydrogen (secondary N) is 1. The number of benzene rings is 1. The number of hydrogen-bond acceptors (Lipinski definition) is 2. The number of rotatable bonds is 4. The van der Waals surface area contributed by atoms with Crippen molar-refractivity contribution in [1.29, 1.82) is 0 Å². The van der Waals surface area contributed by atoms with E-state index in [1.54, 1.807) is 4.68 Å². The minimum atomic E-state index is -0.224. The summed E-state index contributed by atoms with van der Waals surface area (Å²) in [6.07, 6.45) is 0. The van der Waals surface area contributed by atoms with E-state index in [0.29, 0.717) is 5.82 Å². The Hall–Kier alpha value is -1.62. The van der Waals surface area contributed by atoms with E-state index >= 15 is 0 Å². The Labute approximate surface area is 133 Å². The fourth-order valence-corrected chi connectivity index (χ4v) is 2.19. The van der Waals surface area contributed by atoms with Crippen molar-refractivity contribution in [2.75, 3.05) is 5.32 Å². The second-order valence-electron chi connectivity index (χ2n) is 5.50. The topological polar surface area (TPSA) is 46.9 Å². The van der Waals surface area contributed by atoms with E-state index in [4.69, 9.17) is 0 Å². The molecule has 1 atom stereocenters. The van der Waals surface area contributed by atoms with Gasteiger partial charge in [0.2, 0.25) is 5.91 Å². The molecule has 1 N–H and O–H groups in total. The summed E-state index contributed by atoms with van der Waals surface area (Å²) in [6, 6.07) is 9.85. The van der Waals surface area contributed by atoms with Gasteiger partial charge in [0.05, 0.1) is 16.2 Å². The van der Waals surface area contributed by atoms with Gasteiger partial charge in [-0.2, -0.15) is 5.10 Å². The normalized spacial score (nSPS) is 12.5. The number of aromatic nitrogens is 2. The van der Waals surface area contributed by atoms with E-state index in [-0.39, 0.29) is 16.7 Å². The quantitative estimate of drug-likeness (QED) is 0.852. The van der Waals surface area contributed by atoms with Crippen molar-refractivity contribution in [3.8, 4) is 5.69 Å². The molecule has 1 amide bonds. The van der Waals surface area contributed by atoms with Gasteiger partial charge in [0.25, 0.3) is 0 Å². The molecule has 1 aromatic carbocycles. The van der Waals surface area contributed by atoms with Crippen molar-refractivity contribution in [1.82, 2.24) is 9.78 Å². The first-order valence-corrected chi connectivity index (χ1v) is 7.89. The van der Waals surface area contributed by atoms with E-state index in [1.807, 2.05) is 58.0 Å². The van der Waals surface area contributed by atoms with Crippen LogP contribution >= 0.6 is 15.9 Å². The molecular weight excluding hydrogens is 330 g/mol. The van der Waals surface area contributed by atoms with Crippen molar-refractivity contribution in [3.63, 3.8) is 0 Å². The Bertz CT molecular complexity index is 649. The lowest BCUT2D eigenvalue weighted by atomic mass is 10.1. The number of halogens is 1. The minimum absolute atomic E-state index is 0.0558. The van der Waals surface area contributed by atoms with Crippen LogP contribution in [0.4, 0.5) is 5.82 Å². The third kappa shape index (κ3) is 3.53. The summed E-state index contributed by atoms with van der Waals surface area (Å²) in [5, 5.41) is 7.44. The smallest absolute Gasteiger partial charge is 0.239 e. The number of carbonyl (C=O) groups excluding carboxylic acids is 1. The lowest BCUT2D eigenvalue weighted by Crippen LogP contribution is -2.28. The zero-order valence-corrected chi connectivity index (χ0v) is 14.3. The molecular formula is C16H20BrN3O. The van der Waals surface area contributed by atoms with Gasteiger partial charge in [-0.3, -0.25) is 4.79 Å². The Kier molecular flexibility index (Phi) is 4.83.